The van der Waals surface area contributed by atoms with Crippen molar-refractivity contribution in [1.29, 1.82) is 0 Å². The van der Waals surface area contributed by atoms with E-state index in [1.807, 2.05) is 49.5 Å². The fraction of sp³-hybridized carbons (Fsp3) is 0.0526. The molecule has 2 N–H and O–H groups in total. The molecule has 0 spiro atoms. The van der Waals surface area contributed by atoms with Crippen molar-refractivity contribution in [3.63, 3.8) is 0 Å². The number of benzene rings is 2. The Morgan fingerprint density at radius 1 is 0.875 bits per heavy atom. The molecule has 0 aliphatic rings. The number of hydrogen-bond acceptors (Lipinski definition) is 5. The molecule has 2 aromatic heterocycles. The highest BCUT2D eigenvalue weighted by Gasteiger charge is 2.10. The molecular weight excluding hydrogens is 316 g/mol. The first-order valence-corrected chi connectivity index (χ1v) is 8.50. The van der Waals surface area contributed by atoms with Crippen molar-refractivity contribution in [2.75, 3.05) is 17.7 Å². The summed E-state index contributed by atoms with van der Waals surface area (Å²) in [5.41, 5.74) is 4.24. The highest BCUT2D eigenvalue weighted by atomic mass is 32.1. The van der Waals surface area contributed by atoms with Crippen LogP contribution < -0.4 is 10.6 Å². The van der Waals surface area contributed by atoms with Crippen LogP contribution in [0.2, 0.25) is 0 Å². The average Bonchev–Trinajstić information content (AvgIpc) is 3.08. The van der Waals surface area contributed by atoms with Gasteiger partial charge in [-0.05, 0) is 35.9 Å². The molecule has 0 aliphatic heterocycles. The van der Waals surface area contributed by atoms with E-state index in [1.54, 1.807) is 17.7 Å². The minimum absolute atomic E-state index is 0.837. The van der Waals surface area contributed by atoms with Gasteiger partial charge >= 0.3 is 0 Å². The molecule has 0 saturated heterocycles. The van der Waals surface area contributed by atoms with Gasteiger partial charge in [0.1, 0.15) is 6.33 Å². The third-order valence-corrected chi connectivity index (χ3v) is 4.99. The Balaban J connectivity index is 1.71. The number of hydrogen-bond donors (Lipinski definition) is 2. The van der Waals surface area contributed by atoms with Crippen LogP contribution in [-0.2, 0) is 0 Å². The van der Waals surface area contributed by atoms with Crippen LogP contribution in [0.25, 0.3) is 20.7 Å². The van der Waals surface area contributed by atoms with Gasteiger partial charge in [-0.3, -0.25) is 0 Å². The van der Waals surface area contributed by atoms with Crippen LogP contribution in [0, 0.1) is 0 Å². The Hall–Kier alpha value is -2.92. The molecule has 0 fully saturated rings. The fourth-order valence-corrected chi connectivity index (χ4v) is 3.61. The predicted octanol–water partition coefficient (Wildman–Crippen LogP) is 5.14. The minimum atomic E-state index is 0.837. The summed E-state index contributed by atoms with van der Waals surface area (Å²) >= 11 is 1.70. The zero-order valence-corrected chi connectivity index (χ0v) is 14.0. The van der Waals surface area contributed by atoms with Crippen LogP contribution in [0.4, 0.5) is 17.2 Å². The minimum Gasteiger partial charge on any atom is -0.388 e. The molecule has 2 aromatic carbocycles. The maximum Gasteiger partial charge on any atom is 0.151 e. The van der Waals surface area contributed by atoms with Crippen molar-refractivity contribution < 1.29 is 0 Å². The normalized spacial score (nSPS) is 10.7. The van der Waals surface area contributed by atoms with E-state index in [0.29, 0.717) is 0 Å². The quantitative estimate of drug-likeness (QED) is 0.543. The molecule has 0 unspecified atom stereocenters. The molecule has 0 saturated carbocycles. The lowest BCUT2D eigenvalue weighted by atomic mass is 10.2. The standard InChI is InChI=1S/C19H16N4S/c1-20-14-7-9-15(10-8-14)23-19-18-16(21-12-22-19)11-17(24-18)13-5-3-2-4-6-13/h2-12,20H,1H3,(H,21,22,23). The molecule has 0 amide bonds. The summed E-state index contributed by atoms with van der Waals surface area (Å²) in [5, 5.41) is 6.51. The van der Waals surface area contributed by atoms with Crippen LogP contribution in [0.5, 0.6) is 0 Å². The summed E-state index contributed by atoms with van der Waals surface area (Å²) in [5.74, 6) is 0.837. The van der Waals surface area contributed by atoms with Crippen LogP contribution in [0.3, 0.4) is 0 Å². The summed E-state index contributed by atoms with van der Waals surface area (Å²) < 4.78 is 1.06. The number of rotatable bonds is 4. The van der Waals surface area contributed by atoms with Crippen molar-refractivity contribution in [1.82, 2.24) is 9.97 Å². The van der Waals surface area contributed by atoms with E-state index in [1.165, 1.54) is 10.4 Å². The van der Waals surface area contributed by atoms with Gasteiger partial charge in [0.05, 0.1) is 10.2 Å². The second-order valence-electron chi connectivity index (χ2n) is 5.37. The number of nitrogens with zero attached hydrogens (tertiary/aromatic N) is 2. The van der Waals surface area contributed by atoms with Gasteiger partial charge in [0.15, 0.2) is 5.82 Å². The molecule has 5 heteroatoms. The predicted molar refractivity (Wildman–Crippen MR) is 102 cm³/mol. The number of fused-ring (bicyclic) bond motifs is 1. The van der Waals surface area contributed by atoms with E-state index in [-0.39, 0.29) is 0 Å². The highest BCUT2D eigenvalue weighted by Crippen LogP contribution is 2.36. The van der Waals surface area contributed by atoms with Gasteiger partial charge in [0, 0.05) is 23.3 Å². The number of thiophene rings is 1. The molecular formula is C19H16N4S. The molecule has 0 aliphatic carbocycles. The third kappa shape index (κ3) is 2.81. The number of nitrogens with one attached hydrogen (secondary N) is 2. The maximum atomic E-state index is 4.42. The van der Waals surface area contributed by atoms with Gasteiger partial charge in [-0.2, -0.15) is 0 Å². The molecule has 4 rings (SSSR count). The van der Waals surface area contributed by atoms with E-state index in [0.717, 1.165) is 27.4 Å². The molecule has 24 heavy (non-hydrogen) atoms. The lowest BCUT2D eigenvalue weighted by Gasteiger charge is -2.07. The van der Waals surface area contributed by atoms with Crippen LogP contribution in [-0.4, -0.2) is 17.0 Å². The zero-order valence-electron chi connectivity index (χ0n) is 13.2. The largest absolute Gasteiger partial charge is 0.388 e. The molecule has 0 atom stereocenters. The zero-order chi connectivity index (χ0) is 16.4. The first kappa shape index (κ1) is 14.7. The Labute approximate surface area is 144 Å². The third-order valence-electron chi connectivity index (χ3n) is 3.81. The Kier molecular flexibility index (Phi) is 3.84. The van der Waals surface area contributed by atoms with Gasteiger partial charge in [-0.1, -0.05) is 30.3 Å². The van der Waals surface area contributed by atoms with Crippen molar-refractivity contribution in [2.45, 2.75) is 0 Å². The summed E-state index contributed by atoms with van der Waals surface area (Å²) in [6, 6.07) is 20.6. The van der Waals surface area contributed by atoms with E-state index in [4.69, 9.17) is 0 Å². The van der Waals surface area contributed by atoms with E-state index < -0.39 is 0 Å². The topological polar surface area (TPSA) is 49.8 Å². The summed E-state index contributed by atoms with van der Waals surface area (Å²) in [4.78, 5) is 10.0. The monoisotopic (exact) mass is 332 g/mol. The second kappa shape index (κ2) is 6.29. The first-order valence-electron chi connectivity index (χ1n) is 7.68. The van der Waals surface area contributed by atoms with Gasteiger partial charge in [0.2, 0.25) is 0 Å². The van der Waals surface area contributed by atoms with Gasteiger partial charge in [0.25, 0.3) is 0 Å². The van der Waals surface area contributed by atoms with Crippen molar-refractivity contribution in [3.8, 4) is 10.4 Å². The van der Waals surface area contributed by atoms with E-state index in [9.17, 15) is 0 Å². The average molecular weight is 332 g/mol. The van der Waals surface area contributed by atoms with Gasteiger partial charge in [-0.25, -0.2) is 9.97 Å². The van der Waals surface area contributed by atoms with E-state index >= 15 is 0 Å². The highest BCUT2D eigenvalue weighted by molar-refractivity contribution is 7.22. The molecule has 2 heterocycles. The fourth-order valence-electron chi connectivity index (χ4n) is 2.55. The number of anilines is 3. The molecule has 118 valence electrons. The summed E-state index contributed by atoms with van der Waals surface area (Å²) in [6.45, 7) is 0. The lowest BCUT2D eigenvalue weighted by Crippen LogP contribution is -1.95. The first-order chi connectivity index (χ1) is 11.8. The maximum absolute atomic E-state index is 4.42. The van der Waals surface area contributed by atoms with E-state index in [2.05, 4.69) is 38.8 Å². The van der Waals surface area contributed by atoms with Crippen molar-refractivity contribution in [3.05, 3.63) is 67.0 Å². The second-order valence-corrected chi connectivity index (χ2v) is 6.42. The molecule has 4 aromatic rings. The van der Waals surface area contributed by atoms with Crippen molar-refractivity contribution >= 4 is 38.7 Å². The Morgan fingerprint density at radius 3 is 2.38 bits per heavy atom. The smallest absolute Gasteiger partial charge is 0.151 e. The van der Waals surface area contributed by atoms with Gasteiger partial charge in [-0.15, -0.1) is 11.3 Å². The van der Waals surface area contributed by atoms with Gasteiger partial charge < -0.3 is 10.6 Å². The number of aromatic nitrogens is 2. The molecule has 4 nitrogen and oxygen atoms in total. The van der Waals surface area contributed by atoms with Crippen LogP contribution in [0.1, 0.15) is 0 Å². The summed E-state index contributed by atoms with van der Waals surface area (Å²) in [6.07, 6.45) is 1.61. The SMILES string of the molecule is CNc1ccc(Nc2ncnc3cc(-c4ccccc4)sc23)cc1. The van der Waals surface area contributed by atoms with Crippen LogP contribution in [0.15, 0.2) is 67.0 Å². The molecule has 0 bridgehead atoms. The Bertz CT molecular complexity index is 962. The van der Waals surface area contributed by atoms with Crippen molar-refractivity contribution in [2.24, 2.45) is 0 Å². The summed E-state index contributed by atoms with van der Waals surface area (Å²) in [7, 11) is 1.91. The molecule has 0 radical (unpaired) electrons. The Morgan fingerprint density at radius 2 is 1.62 bits per heavy atom. The van der Waals surface area contributed by atoms with Crippen LogP contribution >= 0.6 is 11.3 Å². The lowest BCUT2D eigenvalue weighted by molar-refractivity contribution is 1.23.